The second-order valence-corrected chi connectivity index (χ2v) is 8.62. The number of aromatic nitrogens is 1. The fourth-order valence-corrected chi connectivity index (χ4v) is 4.85. The first kappa shape index (κ1) is 19.8. The van der Waals surface area contributed by atoms with Crippen molar-refractivity contribution in [1.29, 1.82) is 0 Å². The number of hydrogen-bond donors (Lipinski definition) is 0. The van der Waals surface area contributed by atoms with Crippen LogP contribution in [0.4, 0.5) is 0 Å². The number of hydrogen-bond acceptors (Lipinski definition) is 5. The minimum atomic E-state index is -0.475. The summed E-state index contributed by atoms with van der Waals surface area (Å²) < 4.78 is 13.6. The van der Waals surface area contributed by atoms with Crippen molar-refractivity contribution in [3.8, 4) is 11.5 Å². The van der Waals surface area contributed by atoms with Crippen molar-refractivity contribution in [1.82, 2.24) is 9.47 Å². The van der Waals surface area contributed by atoms with Crippen molar-refractivity contribution in [3.63, 3.8) is 0 Å². The molecule has 0 radical (unpaired) electrons. The number of ether oxygens (including phenoxy) is 2. The molecule has 1 fully saturated rings. The van der Waals surface area contributed by atoms with E-state index in [0.29, 0.717) is 30.0 Å². The number of para-hydroxylation sites is 1. The van der Waals surface area contributed by atoms with Gasteiger partial charge in [-0.1, -0.05) is 18.2 Å². The highest BCUT2D eigenvalue weighted by molar-refractivity contribution is 6.09. The average molecular weight is 418 g/mol. The molecule has 2 aliphatic heterocycles. The van der Waals surface area contributed by atoms with Gasteiger partial charge in [-0.15, -0.1) is 0 Å². The number of piperidine rings is 1. The zero-order chi connectivity index (χ0) is 21.6. The Kier molecular flexibility index (Phi) is 4.82. The summed E-state index contributed by atoms with van der Waals surface area (Å²) in [6, 6.07) is 13.4. The Morgan fingerprint density at radius 3 is 2.71 bits per heavy atom. The van der Waals surface area contributed by atoms with Crippen LogP contribution in [0, 0.1) is 0 Å². The number of ketones is 2. The maximum absolute atomic E-state index is 13.0. The van der Waals surface area contributed by atoms with E-state index < -0.39 is 5.60 Å². The molecule has 160 valence electrons. The predicted octanol–water partition coefficient (Wildman–Crippen LogP) is 3.87. The molecule has 0 unspecified atom stereocenters. The van der Waals surface area contributed by atoms with E-state index in [9.17, 15) is 9.59 Å². The third kappa shape index (κ3) is 3.51. The van der Waals surface area contributed by atoms with Crippen molar-refractivity contribution in [2.75, 3.05) is 26.7 Å². The smallest absolute Gasteiger partial charge is 0.178 e. The first-order chi connectivity index (χ1) is 15.0. The van der Waals surface area contributed by atoms with Crippen molar-refractivity contribution in [3.05, 3.63) is 59.8 Å². The third-order valence-electron chi connectivity index (χ3n) is 6.63. The zero-order valence-corrected chi connectivity index (χ0v) is 17.9. The van der Waals surface area contributed by atoms with Crippen LogP contribution in [0.1, 0.15) is 40.0 Å². The number of methoxy groups -OCH3 is 1. The lowest BCUT2D eigenvalue weighted by atomic mass is 9.82. The summed E-state index contributed by atoms with van der Waals surface area (Å²) in [7, 11) is 3.56. The van der Waals surface area contributed by atoms with E-state index in [1.54, 1.807) is 13.2 Å². The van der Waals surface area contributed by atoms with Crippen LogP contribution in [0.25, 0.3) is 10.9 Å². The molecule has 1 aromatic heterocycles. The average Bonchev–Trinajstić information content (AvgIpc) is 3.12. The van der Waals surface area contributed by atoms with E-state index in [0.717, 1.165) is 42.4 Å². The number of carbonyl (C=O) groups is 2. The molecule has 0 N–H and O–H groups in total. The molecule has 0 bridgehead atoms. The Bertz CT molecular complexity index is 1170. The Morgan fingerprint density at radius 1 is 1.16 bits per heavy atom. The Hall–Kier alpha value is -3.12. The predicted molar refractivity (Wildman–Crippen MR) is 118 cm³/mol. The van der Waals surface area contributed by atoms with E-state index in [2.05, 4.69) is 4.90 Å². The molecule has 0 atom stereocenters. The van der Waals surface area contributed by atoms with E-state index in [1.165, 1.54) is 0 Å². The van der Waals surface area contributed by atoms with Gasteiger partial charge in [-0.3, -0.25) is 14.5 Å². The van der Waals surface area contributed by atoms with Gasteiger partial charge < -0.3 is 14.0 Å². The molecule has 2 aliphatic rings. The lowest BCUT2D eigenvalue weighted by molar-refractivity contribution is -0.00806. The SMILES string of the molecule is COc1ccc2c(c1)C(=O)CC1(CCN(CC(=O)c3cn(C)c4ccccc34)CC1)O2. The van der Waals surface area contributed by atoms with Crippen molar-refractivity contribution in [2.45, 2.75) is 24.9 Å². The highest BCUT2D eigenvalue weighted by atomic mass is 16.5. The topological polar surface area (TPSA) is 60.8 Å². The van der Waals surface area contributed by atoms with Gasteiger partial charge in [0.05, 0.1) is 25.6 Å². The summed E-state index contributed by atoms with van der Waals surface area (Å²) >= 11 is 0. The Labute approximate surface area is 181 Å². The number of carbonyl (C=O) groups excluding carboxylic acids is 2. The van der Waals surface area contributed by atoms with Crippen LogP contribution >= 0.6 is 0 Å². The second-order valence-electron chi connectivity index (χ2n) is 8.62. The van der Waals surface area contributed by atoms with Gasteiger partial charge in [-0.2, -0.15) is 0 Å². The van der Waals surface area contributed by atoms with E-state index in [-0.39, 0.29) is 11.6 Å². The fraction of sp³-hybridized carbons (Fsp3) is 0.360. The maximum atomic E-state index is 13.0. The monoisotopic (exact) mass is 418 g/mol. The number of Topliss-reactive ketones (excluding diaryl/α,β-unsaturated/α-hetero) is 2. The molecule has 1 spiro atoms. The quantitative estimate of drug-likeness (QED) is 0.602. The number of likely N-dealkylation sites (tertiary alicyclic amines) is 1. The fourth-order valence-electron chi connectivity index (χ4n) is 4.85. The molecule has 5 rings (SSSR count). The molecule has 1 saturated heterocycles. The lowest BCUT2D eigenvalue weighted by Crippen LogP contribution is -2.51. The van der Waals surface area contributed by atoms with Crippen LogP contribution in [0.5, 0.6) is 11.5 Å². The molecular weight excluding hydrogens is 392 g/mol. The summed E-state index contributed by atoms with van der Waals surface area (Å²) in [5.74, 6) is 1.53. The first-order valence-corrected chi connectivity index (χ1v) is 10.7. The number of fused-ring (bicyclic) bond motifs is 2. The summed E-state index contributed by atoms with van der Waals surface area (Å²) in [4.78, 5) is 28.0. The number of aryl methyl sites for hydroxylation is 1. The van der Waals surface area contributed by atoms with Gasteiger partial charge in [0, 0.05) is 55.6 Å². The summed E-state index contributed by atoms with van der Waals surface area (Å²) in [5.41, 5.74) is 1.95. The minimum absolute atomic E-state index is 0.0976. The largest absolute Gasteiger partial charge is 0.497 e. The highest BCUT2D eigenvalue weighted by Crippen LogP contribution is 2.40. The van der Waals surface area contributed by atoms with E-state index in [1.807, 2.05) is 54.2 Å². The molecule has 2 aromatic carbocycles. The molecule has 3 aromatic rings. The van der Waals surface area contributed by atoms with Gasteiger partial charge in [0.25, 0.3) is 0 Å². The molecule has 0 amide bonds. The van der Waals surface area contributed by atoms with Gasteiger partial charge in [-0.05, 0) is 24.3 Å². The third-order valence-corrected chi connectivity index (χ3v) is 6.63. The summed E-state index contributed by atoms with van der Waals surface area (Å²) in [6.45, 7) is 1.84. The Morgan fingerprint density at radius 2 is 1.94 bits per heavy atom. The van der Waals surface area contributed by atoms with E-state index in [4.69, 9.17) is 9.47 Å². The van der Waals surface area contributed by atoms with Gasteiger partial charge in [0.2, 0.25) is 0 Å². The van der Waals surface area contributed by atoms with Crippen LogP contribution in [0.2, 0.25) is 0 Å². The maximum Gasteiger partial charge on any atom is 0.178 e. The highest BCUT2D eigenvalue weighted by Gasteiger charge is 2.43. The van der Waals surface area contributed by atoms with Gasteiger partial charge in [-0.25, -0.2) is 0 Å². The van der Waals surface area contributed by atoms with Crippen molar-refractivity contribution < 1.29 is 19.1 Å². The number of nitrogens with zero attached hydrogens (tertiary/aromatic N) is 2. The van der Waals surface area contributed by atoms with Crippen LogP contribution in [-0.2, 0) is 7.05 Å². The van der Waals surface area contributed by atoms with Crippen LogP contribution in [-0.4, -0.2) is 53.4 Å². The summed E-state index contributed by atoms with van der Waals surface area (Å²) in [6.07, 6.45) is 3.75. The molecular formula is C25H26N2O4. The van der Waals surface area contributed by atoms with Crippen molar-refractivity contribution >= 4 is 22.5 Å². The van der Waals surface area contributed by atoms with Crippen LogP contribution < -0.4 is 9.47 Å². The van der Waals surface area contributed by atoms with Gasteiger partial charge >= 0.3 is 0 Å². The molecule has 0 aliphatic carbocycles. The van der Waals surface area contributed by atoms with Crippen molar-refractivity contribution in [2.24, 2.45) is 7.05 Å². The van der Waals surface area contributed by atoms with E-state index >= 15 is 0 Å². The molecule has 0 saturated carbocycles. The molecule has 31 heavy (non-hydrogen) atoms. The van der Waals surface area contributed by atoms with Gasteiger partial charge in [0.1, 0.15) is 17.1 Å². The first-order valence-electron chi connectivity index (χ1n) is 10.7. The van der Waals surface area contributed by atoms with Crippen LogP contribution in [0.3, 0.4) is 0 Å². The zero-order valence-electron chi connectivity index (χ0n) is 17.9. The van der Waals surface area contributed by atoms with Gasteiger partial charge in [0.15, 0.2) is 11.6 Å². The second kappa shape index (κ2) is 7.54. The molecule has 3 heterocycles. The standard InChI is InChI=1S/C25H26N2O4/c1-26-15-20(18-5-3-4-6-21(18)26)23(29)16-27-11-9-25(10-12-27)14-22(28)19-13-17(30-2)7-8-24(19)31-25/h3-8,13,15H,9-12,14,16H2,1-2H3. The lowest BCUT2D eigenvalue weighted by Gasteiger charge is -2.43. The normalized spacial score (nSPS) is 18.1. The Balaban J connectivity index is 1.27. The summed E-state index contributed by atoms with van der Waals surface area (Å²) in [5, 5.41) is 0.997. The number of rotatable bonds is 4. The van der Waals surface area contributed by atoms with Crippen LogP contribution in [0.15, 0.2) is 48.7 Å². The molecule has 6 nitrogen and oxygen atoms in total. The molecule has 6 heteroatoms. The minimum Gasteiger partial charge on any atom is -0.497 e. The number of benzene rings is 2.